The number of nitrogens with one attached hydrogen (secondary N) is 1. The van der Waals surface area contributed by atoms with Crippen molar-refractivity contribution in [1.82, 2.24) is 9.88 Å². The van der Waals surface area contributed by atoms with Gasteiger partial charge in [-0.3, -0.25) is 4.79 Å². The molecule has 2 aliphatic heterocycles. The van der Waals surface area contributed by atoms with Crippen molar-refractivity contribution >= 4 is 22.6 Å². The smallest absolute Gasteiger partial charge is 0.341 e. The summed E-state index contributed by atoms with van der Waals surface area (Å²) in [5.41, 5.74) is -0.131. The maximum absolute atomic E-state index is 15.2. The van der Waals surface area contributed by atoms with Gasteiger partial charge in [-0.15, -0.1) is 0 Å². The minimum atomic E-state index is -1.31. The Morgan fingerprint density at radius 3 is 2.93 bits per heavy atom. The number of pyridine rings is 1. The number of piperazine rings is 1. The number of anilines is 1. The number of ether oxygens (including phenoxy) is 1. The molecule has 5 rings (SSSR count). The van der Waals surface area contributed by atoms with Crippen LogP contribution in [0.3, 0.4) is 0 Å². The van der Waals surface area contributed by atoms with Gasteiger partial charge in [-0.2, -0.15) is 0 Å². The molecule has 1 aromatic heterocycles. The molecule has 3 aliphatic rings. The molecule has 0 bridgehead atoms. The van der Waals surface area contributed by atoms with Gasteiger partial charge in [-0.05, 0) is 25.8 Å². The van der Waals surface area contributed by atoms with Gasteiger partial charge in [0.1, 0.15) is 17.9 Å². The van der Waals surface area contributed by atoms with Crippen LogP contribution in [0.1, 0.15) is 36.2 Å². The highest BCUT2D eigenvalue weighted by molar-refractivity contribution is 5.97. The summed E-state index contributed by atoms with van der Waals surface area (Å²) < 4.78 is 22.8. The van der Waals surface area contributed by atoms with Crippen molar-refractivity contribution in [2.45, 2.75) is 31.3 Å². The van der Waals surface area contributed by atoms with E-state index in [0.717, 1.165) is 19.4 Å². The Bertz CT molecular complexity index is 1040. The van der Waals surface area contributed by atoms with E-state index in [1.807, 2.05) is 11.8 Å². The molecule has 142 valence electrons. The normalized spacial score (nSPS) is 22.7. The fourth-order valence-corrected chi connectivity index (χ4v) is 4.29. The Kier molecular flexibility index (Phi) is 3.34. The highest BCUT2D eigenvalue weighted by Crippen LogP contribution is 2.45. The lowest BCUT2D eigenvalue weighted by Gasteiger charge is -2.38. The van der Waals surface area contributed by atoms with Crippen LogP contribution in [0.25, 0.3) is 10.9 Å². The lowest BCUT2D eigenvalue weighted by Crippen LogP contribution is -2.53. The third kappa shape index (κ3) is 2.36. The van der Waals surface area contributed by atoms with E-state index in [0.29, 0.717) is 30.0 Å². The number of hydrogen-bond acceptors (Lipinski definition) is 5. The molecule has 2 N–H and O–H groups in total. The van der Waals surface area contributed by atoms with Crippen molar-refractivity contribution in [2.24, 2.45) is 0 Å². The van der Waals surface area contributed by atoms with Gasteiger partial charge in [-0.25, -0.2) is 9.18 Å². The lowest BCUT2D eigenvalue weighted by atomic mass is 10.0. The Hall–Kier alpha value is -2.61. The van der Waals surface area contributed by atoms with Crippen molar-refractivity contribution in [3.05, 3.63) is 33.9 Å². The van der Waals surface area contributed by atoms with Gasteiger partial charge in [0, 0.05) is 31.4 Å². The highest BCUT2D eigenvalue weighted by Gasteiger charge is 2.46. The number of nitrogens with zero attached hydrogens (tertiary/aromatic N) is 2. The zero-order chi connectivity index (χ0) is 18.9. The second-order valence-electron chi connectivity index (χ2n) is 7.81. The molecule has 1 saturated heterocycles. The molecule has 1 spiro atoms. The van der Waals surface area contributed by atoms with Crippen molar-refractivity contribution in [2.75, 3.05) is 31.1 Å². The number of carboxylic acid groups (broad SMARTS) is 1. The first-order valence-corrected chi connectivity index (χ1v) is 9.18. The quantitative estimate of drug-likeness (QED) is 0.834. The fraction of sp³-hybridized carbons (Fsp3) is 0.474. The Labute approximate surface area is 154 Å². The maximum Gasteiger partial charge on any atom is 0.341 e. The number of hydrogen-bond donors (Lipinski definition) is 2. The van der Waals surface area contributed by atoms with E-state index >= 15 is 4.39 Å². The molecule has 1 atom stereocenters. The summed E-state index contributed by atoms with van der Waals surface area (Å²) in [6.45, 7) is 4.27. The molecule has 2 aromatic rings. The van der Waals surface area contributed by atoms with Crippen LogP contribution in [0.4, 0.5) is 10.1 Å². The largest absolute Gasteiger partial charge is 0.487 e. The predicted molar refractivity (Wildman–Crippen MR) is 97.5 cm³/mol. The minimum absolute atomic E-state index is 0.0500. The summed E-state index contributed by atoms with van der Waals surface area (Å²) in [6, 6.07) is 1.01. The Balaban J connectivity index is 1.77. The zero-order valence-corrected chi connectivity index (χ0v) is 14.9. The molecule has 3 heterocycles. The molecule has 1 aliphatic carbocycles. The van der Waals surface area contributed by atoms with Crippen molar-refractivity contribution in [1.29, 1.82) is 0 Å². The van der Waals surface area contributed by atoms with E-state index < -0.39 is 17.2 Å². The van der Waals surface area contributed by atoms with Crippen molar-refractivity contribution in [3.8, 4) is 5.75 Å². The average molecular weight is 373 g/mol. The van der Waals surface area contributed by atoms with E-state index in [1.165, 1.54) is 12.3 Å². The second kappa shape index (κ2) is 5.45. The number of carboxylic acids is 1. The summed E-state index contributed by atoms with van der Waals surface area (Å²) in [4.78, 5) is 26.1. The summed E-state index contributed by atoms with van der Waals surface area (Å²) in [5.74, 6) is -1.51. The van der Waals surface area contributed by atoms with E-state index in [2.05, 4.69) is 5.32 Å². The number of aromatic nitrogens is 1. The van der Waals surface area contributed by atoms with Crippen molar-refractivity contribution < 1.29 is 19.0 Å². The average Bonchev–Trinajstić information content (AvgIpc) is 3.37. The van der Waals surface area contributed by atoms with E-state index in [9.17, 15) is 14.7 Å². The Morgan fingerprint density at radius 2 is 2.22 bits per heavy atom. The first-order valence-electron chi connectivity index (χ1n) is 9.18. The molecule has 1 saturated carbocycles. The third-order valence-electron chi connectivity index (χ3n) is 5.92. The lowest BCUT2D eigenvalue weighted by molar-refractivity contribution is 0.0694. The van der Waals surface area contributed by atoms with E-state index in [1.54, 1.807) is 4.57 Å². The molecule has 8 heteroatoms. The van der Waals surface area contributed by atoms with Gasteiger partial charge < -0.3 is 24.6 Å². The molecule has 27 heavy (non-hydrogen) atoms. The minimum Gasteiger partial charge on any atom is -0.487 e. The van der Waals surface area contributed by atoms with Crippen LogP contribution in [-0.2, 0) is 0 Å². The molecule has 7 nitrogen and oxygen atoms in total. The van der Waals surface area contributed by atoms with E-state index in [-0.39, 0.29) is 29.1 Å². The number of benzene rings is 1. The number of carbonyl (C=O) groups is 1. The van der Waals surface area contributed by atoms with Crippen LogP contribution in [0.15, 0.2) is 17.1 Å². The summed E-state index contributed by atoms with van der Waals surface area (Å²) in [7, 11) is 0. The maximum atomic E-state index is 15.2. The molecular weight excluding hydrogens is 353 g/mol. The van der Waals surface area contributed by atoms with Gasteiger partial charge in [0.2, 0.25) is 5.43 Å². The van der Waals surface area contributed by atoms with Gasteiger partial charge in [-0.1, -0.05) is 0 Å². The van der Waals surface area contributed by atoms with Crippen molar-refractivity contribution in [3.63, 3.8) is 0 Å². The molecule has 0 amide bonds. The molecule has 1 aromatic carbocycles. The van der Waals surface area contributed by atoms with Gasteiger partial charge in [0.25, 0.3) is 0 Å². The molecule has 2 fully saturated rings. The third-order valence-corrected chi connectivity index (χ3v) is 5.92. The van der Waals surface area contributed by atoms with E-state index in [4.69, 9.17) is 4.74 Å². The SMILES string of the molecule is CC1COc2c(N3CCNC4(CC4)C3)c(F)cc3c(=O)c(C(=O)O)cn1c23. The highest BCUT2D eigenvalue weighted by atomic mass is 19.1. The van der Waals surface area contributed by atoms with Gasteiger partial charge in [0.15, 0.2) is 11.6 Å². The monoisotopic (exact) mass is 373 g/mol. The number of aromatic carboxylic acids is 1. The van der Waals surface area contributed by atoms with Crippen LogP contribution in [-0.4, -0.2) is 47.4 Å². The summed E-state index contributed by atoms with van der Waals surface area (Å²) >= 11 is 0. The topological polar surface area (TPSA) is 83.8 Å². The first kappa shape index (κ1) is 16.6. The number of rotatable bonds is 2. The fourth-order valence-electron chi connectivity index (χ4n) is 4.29. The van der Waals surface area contributed by atoms with Crippen LogP contribution < -0.4 is 20.4 Å². The summed E-state index contributed by atoms with van der Waals surface area (Å²) in [5, 5.41) is 12.9. The van der Waals surface area contributed by atoms with Gasteiger partial charge >= 0.3 is 5.97 Å². The van der Waals surface area contributed by atoms with Gasteiger partial charge in [0.05, 0.1) is 16.9 Å². The zero-order valence-electron chi connectivity index (χ0n) is 14.9. The Morgan fingerprint density at radius 1 is 1.44 bits per heavy atom. The second-order valence-corrected chi connectivity index (χ2v) is 7.81. The van der Waals surface area contributed by atoms with Crippen LogP contribution in [0.2, 0.25) is 0 Å². The molecular formula is C19H20FN3O4. The summed E-state index contributed by atoms with van der Waals surface area (Å²) in [6.07, 6.45) is 3.49. The van der Waals surface area contributed by atoms with Crippen LogP contribution >= 0.6 is 0 Å². The first-order chi connectivity index (χ1) is 12.9. The standard InChI is InChI=1S/C19H20FN3O4/c1-10-8-27-17-14-11(16(24)12(18(25)26)7-23(10)14)6-13(20)15(17)22-5-4-21-19(9-22)2-3-19/h6-7,10,21H,2-5,8-9H2,1H3,(H,25,26). The van der Waals surface area contributed by atoms with Crippen LogP contribution in [0.5, 0.6) is 5.75 Å². The molecule has 0 radical (unpaired) electrons. The van der Waals surface area contributed by atoms with Crippen LogP contribution in [0, 0.1) is 5.82 Å². The molecule has 1 unspecified atom stereocenters. The predicted octanol–water partition coefficient (Wildman–Crippen LogP) is 1.73. The number of halogens is 1.